The van der Waals surface area contributed by atoms with Crippen LogP contribution >= 0.6 is 0 Å². The van der Waals surface area contributed by atoms with Crippen LogP contribution in [0.5, 0.6) is 5.75 Å². The molecule has 1 heterocycles. The van der Waals surface area contributed by atoms with E-state index in [1.165, 1.54) is 6.08 Å². The summed E-state index contributed by atoms with van der Waals surface area (Å²) in [4.78, 5) is 21.6. The molecule has 148 valence electrons. The standard InChI is InChI=1S/C20H21F2N3O3/c1-10(2)24-20-23-9-12-7-17(28-16-5-4-13(21)8-15(16)22)19(27)14(6-11(3)26)18(12)25-20/h4-5,7-11,14,26H,6H2,1-3H3,(H,23,24,25)/t11-,14?/m0/s1. The molecule has 2 atom stereocenters. The Morgan fingerprint density at radius 2 is 2.04 bits per heavy atom. The van der Waals surface area contributed by atoms with Gasteiger partial charge in [0.25, 0.3) is 0 Å². The fraction of sp³-hybridized carbons (Fsp3) is 0.350. The van der Waals surface area contributed by atoms with Gasteiger partial charge in [-0.25, -0.2) is 18.7 Å². The van der Waals surface area contributed by atoms with Crippen LogP contribution in [0.2, 0.25) is 0 Å². The summed E-state index contributed by atoms with van der Waals surface area (Å²) >= 11 is 0. The van der Waals surface area contributed by atoms with Gasteiger partial charge in [-0.15, -0.1) is 0 Å². The minimum absolute atomic E-state index is 0.100. The van der Waals surface area contributed by atoms with E-state index in [0.29, 0.717) is 23.3 Å². The maximum Gasteiger partial charge on any atom is 0.223 e. The van der Waals surface area contributed by atoms with Crippen molar-refractivity contribution < 1.29 is 23.4 Å². The Hall–Kier alpha value is -2.87. The van der Waals surface area contributed by atoms with Crippen molar-refractivity contribution >= 4 is 17.8 Å². The van der Waals surface area contributed by atoms with Gasteiger partial charge in [-0.1, -0.05) is 0 Å². The van der Waals surface area contributed by atoms with E-state index in [1.54, 1.807) is 13.1 Å². The first-order valence-electron chi connectivity index (χ1n) is 8.95. The first-order valence-corrected chi connectivity index (χ1v) is 8.95. The molecule has 0 fully saturated rings. The molecule has 8 heteroatoms. The highest BCUT2D eigenvalue weighted by molar-refractivity contribution is 6.05. The maximum absolute atomic E-state index is 13.9. The molecule has 0 spiro atoms. The van der Waals surface area contributed by atoms with Gasteiger partial charge in [0, 0.05) is 23.9 Å². The monoisotopic (exact) mass is 389 g/mol. The Morgan fingerprint density at radius 3 is 2.68 bits per heavy atom. The molecule has 2 aromatic rings. The average molecular weight is 389 g/mol. The zero-order valence-electron chi connectivity index (χ0n) is 15.7. The van der Waals surface area contributed by atoms with Crippen molar-refractivity contribution in [3.63, 3.8) is 0 Å². The quantitative estimate of drug-likeness (QED) is 0.788. The zero-order chi connectivity index (χ0) is 20.4. The average Bonchev–Trinajstić information content (AvgIpc) is 2.60. The maximum atomic E-state index is 13.9. The molecule has 1 aliphatic rings. The number of aliphatic hydroxyl groups excluding tert-OH is 1. The highest BCUT2D eigenvalue weighted by Gasteiger charge is 2.34. The lowest BCUT2D eigenvalue weighted by atomic mass is 9.86. The SMILES string of the molecule is CC(C)Nc1ncc2c(n1)C(C[C@H](C)O)C(=O)C(Oc1ccc(F)cc1F)=C2. The third-order valence-corrected chi connectivity index (χ3v) is 4.13. The second-order valence-electron chi connectivity index (χ2n) is 7.02. The number of hydrogen-bond donors (Lipinski definition) is 2. The van der Waals surface area contributed by atoms with Crippen molar-refractivity contribution in [1.29, 1.82) is 0 Å². The third-order valence-electron chi connectivity index (χ3n) is 4.13. The number of rotatable bonds is 6. The summed E-state index contributed by atoms with van der Waals surface area (Å²) in [5.74, 6) is -2.87. The highest BCUT2D eigenvalue weighted by Crippen LogP contribution is 2.34. The van der Waals surface area contributed by atoms with Gasteiger partial charge in [-0.3, -0.25) is 4.79 Å². The lowest BCUT2D eigenvalue weighted by Crippen LogP contribution is -2.27. The van der Waals surface area contributed by atoms with Crippen LogP contribution in [0.15, 0.2) is 30.2 Å². The van der Waals surface area contributed by atoms with Gasteiger partial charge in [-0.2, -0.15) is 0 Å². The van der Waals surface area contributed by atoms with Gasteiger partial charge >= 0.3 is 0 Å². The number of anilines is 1. The second-order valence-corrected chi connectivity index (χ2v) is 7.02. The molecule has 28 heavy (non-hydrogen) atoms. The normalized spacial score (nSPS) is 17.2. The number of hydrogen-bond acceptors (Lipinski definition) is 6. The molecule has 1 aromatic heterocycles. The molecule has 0 bridgehead atoms. The number of carbonyl (C=O) groups excluding carboxylic acids is 1. The molecule has 6 nitrogen and oxygen atoms in total. The van der Waals surface area contributed by atoms with Gasteiger partial charge in [0.2, 0.25) is 11.7 Å². The number of ether oxygens (including phenoxy) is 1. The minimum atomic E-state index is -0.917. The van der Waals surface area contributed by atoms with Crippen LogP contribution in [0, 0.1) is 11.6 Å². The summed E-state index contributed by atoms with van der Waals surface area (Å²) < 4.78 is 32.5. The summed E-state index contributed by atoms with van der Waals surface area (Å²) in [6.07, 6.45) is 2.33. The van der Waals surface area contributed by atoms with Crippen LogP contribution in [-0.4, -0.2) is 33.0 Å². The fourth-order valence-corrected chi connectivity index (χ4v) is 2.95. The number of nitrogens with one attached hydrogen (secondary N) is 1. The van der Waals surface area contributed by atoms with Crippen LogP contribution < -0.4 is 10.1 Å². The van der Waals surface area contributed by atoms with Crippen LogP contribution in [0.4, 0.5) is 14.7 Å². The number of ketones is 1. The van der Waals surface area contributed by atoms with Crippen molar-refractivity contribution in [1.82, 2.24) is 9.97 Å². The summed E-state index contributed by atoms with van der Waals surface area (Å²) in [7, 11) is 0. The molecular weight excluding hydrogens is 368 g/mol. The van der Waals surface area contributed by atoms with E-state index >= 15 is 0 Å². The molecule has 1 aromatic carbocycles. The van der Waals surface area contributed by atoms with E-state index in [0.717, 1.165) is 12.1 Å². The lowest BCUT2D eigenvalue weighted by molar-refractivity contribution is -0.119. The molecule has 0 aliphatic heterocycles. The number of benzene rings is 1. The molecule has 1 unspecified atom stereocenters. The largest absolute Gasteiger partial charge is 0.450 e. The number of nitrogens with zero attached hydrogens (tertiary/aromatic N) is 2. The van der Waals surface area contributed by atoms with Gasteiger partial charge in [0.05, 0.1) is 17.7 Å². The number of aliphatic hydroxyl groups is 1. The highest BCUT2D eigenvalue weighted by atomic mass is 19.1. The smallest absolute Gasteiger partial charge is 0.223 e. The van der Waals surface area contributed by atoms with E-state index in [2.05, 4.69) is 15.3 Å². The molecule has 3 rings (SSSR count). The topological polar surface area (TPSA) is 84.3 Å². The van der Waals surface area contributed by atoms with Crippen LogP contribution in [-0.2, 0) is 4.79 Å². The predicted octanol–water partition coefficient (Wildman–Crippen LogP) is 3.43. The Balaban J connectivity index is 2.00. The lowest BCUT2D eigenvalue weighted by Gasteiger charge is -2.25. The van der Waals surface area contributed by atoms with Gasteiger partial charge in [0.15, 0.2) is 17.3 Å². The van der Waals surface area contributed by atoms with Crippen LogP contribution in [0.1, 0.15) is 44.4 Å². The molecule has 1 aliphatic carbocycles. The van der Waals surface area contributed by atoms with Crippen molar-refractivity contribution in [3.05, 3.63) is 53.0 Å². The first kappa shape index (κ1) is 19.9. The third kappa shape index (κ3) is 4.33. The van der Waals surface area contributed by atoms with Gasteiger partial charge < -0.3 is 15.2 Å². The predicted molar refractivity (Wildman–Crippen MR) is 99.8 cm³/mol. The van der Waals surface area contributed by atoms with Gasteiger partial charge in [0.1, 0.15) is 5.82 Å². The number of allylic oxidation sites excluding steroid dienone is 1. The van der Waals surface area contributed by atoms with Crippen LogP contribution in [0.3, 0.4) is 0 Å². The Kier molecular flexibility index (Phi) is 5.69. The Morgan fingerprint density at radius 1 is 1.29 bits per heavy atom. The van der Waals surface area contributed by atoms with E-state index in [9.17, 15) is 18.7 Å². The van der Waals surface area contributed by atoms with E-state index in [1.807, 2.05) is 13.8 Å². The van der Waals surface area contributed by atoms with Crippen LogP contribution in [0.25, 0.3) is 6.08 Å². The van der Waals surface area contributed by atoms with Crippen molar-refractivity contribution in [2.75, 3.05) is 5.32 Å². The van der Waals surface area contributed by atoms with Gasteiger partial charge in [-0.05, 0) is 45.4 Å². The minimum Gasteiger partial charge on any atom is -0.450 e. The number of Topliss-reactive ketones (excluding diaryl/α,β-unsaturated/α-hetero) is 1. The van der Waals surface area contributed by atoms with E-state index in [4.69, 9.17) is 4.74 Å². The molecule has 0 amide bonds. The first-order chi connectivity index (χ1) is 13.2. The summed E-state index contributed by atoms with van der Waals surface area (Å²) in [6, 6.07) is 2.94. The van der Waals surface area contributed by atoms with Crippen molar-refractivity contribution in [2.24, 2.45) is 0 Å². The number of halogens is 2. The van der Waals surface area contributed by atoms with Crippen molar-refractivity contribution in [3.8, 4) is 5.75 Å². The summed E-state index contributed by atoms with van der Waals surface area (Å²) in [6.45, 7) is 5.44. The Labute approximate surface area is 161 Å². The summed E-state index contributed by atoms with van der Waals surface area (Å²) in [5.41, 5.74) is 1.01. The molecule has 0 saturated heterocycles. The number of fused-ring (bicyclic) bond motifs is 1. The fourth-order valence-electron chi connectivity index (χ4n) is 2.95. The second kappa shape index (κ2) is 8.02. The summed E-state index contributed by atoms with van der Waals surface area (Å²) in [5, 5.41) is 12.9. The molecule has 2 N–H and O–H groups in total. The molecular formula is C20H21F2N3O3. The zero-order valence-corrected chi connectivity index (χ0v) is 15.7. The van der Waals surface area contributed by atoms with E-state index in [-0.39, 0.29) is 24.0 Å². The van der Waals surface area contributed by atoms with Crippen molar-refractivity contribution in [2.45, 2.75) is 45.3 Å². The molecule has 0 radical (unpaired) electrons. The van der Waals surface area contributed by atoms with E-state index < -0.39 is 29.4 Å². The Bertz CT molecular complexity index is 929. The molecule has 0 saturated carbocycles. The number of carbonyl (C=O) groups is 1. The number of aromatic nitrogens is 2.